The highest BCUT2D eigenvalue weighted by Gasteiger charge is 2.14. The molecule has 0 radical (unpaired) electrons. The summed E-state index contributed by atoms with van der Waals surface area (Å²) in [7, 11) is 1.96. The van der Waals surface area contributed by atoms with Crippen molar-refractivity contribution in [2.45, 2.75) is 13.5 Å². The van der Waals surface area contributed by atoms with Crippen molar-refractivity contribution >= 4 is 33.2 Å². The molecule has 0 spiro atoms. The predicted molar refractivity (Wildman–Crippen MR) is 90.6 cm³/mol. The molecular weight excluding hydrogens is 350 g/mol. The van der Waals surface area contributed by atoms with Gasteiger partial charge in [-0.15, -0.1) is 11.3 Å². The second kappa shape index (κ2) is 7.20. The molecule has 1 aromatic carbocycles. The van der Waals surface area contributed by atoms with E-state index in [4.69, 9.17) is 5.11 Å². The van der Waals surface area contributed by atoms with E-state index in [-0.39, 0.29) is 5.92 Å². The summed E-state index contributed by atoms with van der Waals surface area (Å²) in [6, 6.07) is 12.5. The van der Waals surface area contributed by atoms with Crippen LogP contribution in [0.3, 0.4) is 0 Å². The van der Waals surface area contributed by atoms with Gasteiger partial charge in [-0.2, -0.15) is 0 Å². The summed E-state index contributed by atoms with van der Waals surface area (Å²) in [5.41, 5.74) is 1.20. The Morgan fingerprint density at radius 3 is 2.81 bits per heavy atom. The van der Waals surface area contributed by atoms with Crippen LogP contribution in [0.4, 0.5) is 0 Å². The maximum absolute atomic E-state index is 10.9. The first kappa shape index (κ1) is 16.2. The molecule has 5 heteroatoms. The van der Waals surface area contributed by atoms with Gasteiger partial charge in [0.15, 0.2) is 0 Å². The molecule has 0 fully saturated rings. The molecule has 0 aliphatic rings. The molecule has 0 bridgehead atoms. The Balaban J connectivity index is 2.02. The number of hydrogen-bond donors (Lipinski definition) is 1. The third kappa shape index (κ3) is 4.66. The van der Waals surface area contributed by atoms with Gasteiger partial charge in [0, 0.05) is 27.3 Å². The summed E-state index contributed by atoms with van der Waals surface area (Å²) in [5.74, 6) is -1.10. The van der Waals surface area contributed by atoms with Crippen molar-refractivity contribution < 1.29 is 9.90 Å². The quantitative estimate of drug-likeness (QED) is 0.825. The minimum atomic E-state index is -0.747. The van der Waals surface area contributed by atoms with E-state index in [2.05, 4.69) is 45.1 Å². The normalized spacial score (nSPS) is 12.6. The molecule has 0 aliphatic carbocycles. The average molecular weight is 368 g/mol. The largest absolute Gasteiger partial charge is 0.481 e. The second-order valence-electron chi connectivity index (χ2n) is 5.21. The van der Waals surface area contributed by atoms with Crippen LogP contribution in [0.5, 0.6) is 0 Å². The van der Waals surface area contributed by atoms with Crippen molar-refractivity contribution in [2.75, 3.05) is 13.6 Å². The van der Waals surface area contributed by atoms with Crippen molar-refractivity contribution in [1.29, 1.82) is 0 Å². The van der Waals surface area contributed by atoms with E-state index in [1.54, 1.807) is 18.3 Å². The Kier molecular flexibility index (Phi) is 5.56. The van der Waals surface area contributed by atoms with Gasteiger partial charge in [-0.3, -0.25) is 4.79 Å². The molecule has 3 nitrogen and oxygen atoms in total. The Labute approximate surface area is 137 Å². The monoisotopic (exact) mass is 367 g/mol. The molecule has 1 heterocycles. The highest BCUT2D eigenvalue weighted by Crippen LogP contribution is 2.30. The summed E-state index contributed by atoms with van der Waals surface area (Å²) >= 11 is 5.24. The fourth-order valence-electron chi connectivity index (χ4n) is 2.14. The number of carboxylic acid groups (broad SMARTS) is 1. The van der Waals surface area contributed by atoms with E-state index < -0.39 is 5.97 Å². The van der Waals surface area contributed by atoms with Gasteiger partial charge in [0.2, 0.25) is 0 Å². The van der Waals surface area contributed by atoms with Gasteiger partial charge in [-0.05, 0) is 36.9 Å². The van der Waals surface area contributed by atoms with Crippen LogP contribution in [-0.2, 0) is 11.3 Å². The zero-order chi connectivity index (χ0) is 15.4. The van der Waals surface area contributed by atoms with E-state index in [0.29, 0.717) is 6.54 Å². The molecular formula is C16H18BrNO2S. The summed E-state index contributed by atoms with van der Waals surface area (Å²) in [6.45, 7) is 3.07. The summed E-state index contributed by atoms with van der Waals surface area (Å²) < 4.78 is 1.07. The Morgan fingerprint density at radius 2 is 2.14 bits per heavy atom. The first-order chi connectivity index (χ1) is 9.95. The van der Waals surface area contributed by atoms with Gasteiger partial charge >= 0.3 is 5.97 Å². The van der Waals surface area contributed by atoms with Crippen LogP contribution in [0, 0.1) is 5.92 Å². The maximum Gasteiger partial charge on any atom is 0.307 e. The van der Waals surface area contributed by atoms with Crippen LogP contribution in [0.2, 0.25) is 0 Å². The molecule has 112 valence electrons. The lowest BCUT2D eigenvalue weighted by molar-refractivity contribution is -0.141. The molecule has 1 N–H and O–H groups in total. The number of aliphatic carboxylic acids is 1. The molecule has 1 unspecified atom stereocenters. The maximum atomic E-state index is 10.9. The first-order valence-corrected chi connectivity index (χ1v) is 8.32. The number of hydrogen-bond acceptors (Lipinski definition) is 3. The molecule has 0 amide bonds. The number of nitrogens with zero attached hydrogens (tertiary/aromatic N) is 1. The molecule has 2 aromatic rings. The molecule has 0 aliphatic heterocycles. The van der Waals surface area contributed by atoms with Crippen LogP contribution in [-0.4, -0.2) is 29.6 Å². The zero-order valence-corrected chi connectivity index (χ0v) is 14.4. The SMILES string of the molecule is CC(CN(C)Cc1ccc(-c2cccc(Br)c2)s1)C(=O)O. The van der Waals surface area contributed by atoms with Crippen molar-refractivity contribution in [1.82, 2.24) is 4.90 Å². The van der Waals surface area contributed by atoms with Crippen LogP contribution in [0.15, 0.2) is 40.9 Å². The van der Waals surface area contributed by atoms with Crippen LogP contribution < -0.4 is 0 Å². The van der Waals surface area contributed by atoms with Gasteiger partial charge in [0.05, 0.1) is 5.92 Å². The fourth-order valence-corrected chi connectivity index (χ4v) is 3.62. The topological polar surface area (TPSA) is 40.5 Å². The van der Waals surface area contributed by atoms with Gasteiger partial charge in [-0.1, -0.05) is 35.0 Å². The third-order valence-corrected chi connectivity index (χ3v) is 4.82. The zero-order valence-electron chi connectivity index (χ0n) is 12.0. The number of halogens is 1. The Bertz CT molecular complexity index is 626. The van der Waals surface area contributed by atoms with Crippen molar-refractivity contribution in [3.05, 3.63) is 45.7 Å². The van der Waals surface area contributed by atoms with Crippen molar-refractivity contribution in [3.8, 4) is 10.4 Å². The minimum Gasteiger partial charge on any atom is -0.481 e. The first-order valence-electron chi connectivity index (χ1n) is 6.71. The Morgan fingerprint density at radius 1 is 1.38 bits per heavy atom. The van der Waals surface area contributed by atoms with Crippen LogP contribution in [0.25, 0.3) is 10.4 Å². The lowest BCUT2D eigenvalue weighted by atomic mass is 10.2. The van der Waals surface area contributed by atoms with E-state index in [1.807, 2.05) is 19.2 Å². The van der Waals surface area contributed by atoms with Gasteiger partial charge < -0.3 is 10.0 Å². The second-order valence-corrected chi connectivity index (χ2v) is 7.30. The molecule has 2 rings (SSSR count). The van der Waals surface area contributed by atoms with E-state index in [0.717, 1.165) is 11.0 Å². The standard InChI is InChI=1S/C16H18BrNO2S/c1-11(16(19)20)9-18(2)10-14-6-7-15(21-14)12-4-3-5-13(17)8-12/h3-8,11H,9-10H2,1-2H3,(H,19,20). The van der Waals surface area contributed by atoms with Crippen LogP contribution >= 0.6 is 27.3 Å². The summed E-state index contributed by atoms with van der Waals surface area (Å²) in [6.07, 6.45) is 0. The summed E-state index contributed by atoms with van der Waals surface area (Å²) in [4.78, 5) is 15.4. The third-order valence-electron chi connectivity index (χ3n) is 3.20. The van der Waals surface area contributed by atoms with Gasteiger partial charge in [0.25, 0.3) is 0 Å². The highest BCUT2D eigenvalue weighted by molar-refractivity contribution is 9.10. The highest BCUT2D eigenvalue weighted by atomic mass is 79.9. The van der Waals surface area contributed by atoms with Crippen molar-refractivity contribution in [2.24, 2.45) is 5.92 Å². The van der Waals surface area contributed by atoms with Gasteiger partial charge in [-0.25, -0.2) is 0 Å². The number of carbonyl (C=O) groups is 1. The van der Waals surface area contributed by atoms with E-state index in [9.17, 15) is 4.79 Å². The Hall–Kier alpha value is -1.17. The lowest BCUT2D eigenvalue weighted by Gasteiger charge is -2.17. The smallest absolute Gasteiger partial charge is 0.307 e. The molecule has 1 aromatic heterocycles. The summed E-state index contributed by atoms with van der Waals surface area (Å²) in [5, 5.41) is 8.95. The number of rotatable bonds is 6. The predicted octanol–water partition coefficient (Wildman–Crippen LogP) is 4.33. The molecule has 1 atom stereocenters. The van der Waals surface area contributed by atoms with E-state index in [1.165, 1.54) is 15.3 Å². The van der Waals surface area contributed by atoms with Gasteiger partial charge in [0.1, 0.15) is 0 Å². The van der Waals surface area contributed by atoms with E-state index >= 15 is 0 Å². The van der Waals surface area contributed by atoms with Crippen molar-refractivity contribution in [3.63, 3.8) is 0 Å². The molecule has 0 saturated carbocycles. The van der Waals surface area contributed by atoms with Crippen LogP contribution in [0.1, 0.15) is 11.8 Å². The molecule has 21 heavy (non-hydrogen) atoms. The lowest BCUT2D eigenvalue weighted by Crippen LogP contribution is -2.27. The average Bonchev–Trinajstić information content (AvgIpc) is 2.86. The minimum absolute atomic E-state index is 0.348. The number of carboxylic acids is 1. The number of benzene rings is 1. The fraction of sp³-hybridized carbons (Fsp3) is 0.312. The number of thiophene rings is 1. The molecule has 0 saturated heterocycles.